The van der Waals surface area contributed by atoms with Crippen molar-refractivity contribution in [3.8, 4) is 0 Å². The van der Waals surface area contributed by atoms with Crippen molar-refractivity contribution >= 4 is 16.4 Å². The zero-order chi connectivity index (χ0) is 19.3. The van der Waals surface area contributed by atoms with Gasteiger partial charge in [-0.3, -0.25) is 9.24 Å². The summed E-state index contributed by atoms with van der Waals surface area (Å²) in [4.78, 5) is 0. The second kappa shape index (κ2) is 9.29. The smallest absolute Gasteiger partial charge is 0.188 e. The van der Waals surface area contributed by atoms with Crippen molar-refractivity contribution < 1.29 is 9.13 Å². The van der Waals surface area contributed by atoms with Gasteiger partial charge in [-0.05, 0) is 18.4 Å². The molecule has 1 aliphatic heterocycles. The molecule has 1 unspecified atom stereocenters. The van der Waals surface area contributed by atoms with E-state index in [1.807, 2.05) is 30.4 Å². The number of allylic oxidation sites excluding steroid dienone is 5. The minimum atomic E-state index is -1.82. The van der Waals surface area contributed by atoms with E-state index in [0.717, 1.165) is 43.1 Å². The molecule has 0 amide bonds. The Morgan fingerprint density at radius 3 is 2.89 bits per heavy atom. The molecule has 1 saturated heterocycles. The lowest BCUT2D eigenvalue weighted by molar-refractivity contribution is 0.382. The van der Waals surface area contributed by atoms with Gasteiger partial charge in [-0.1, -0.05) is 66.8 Å². The van der Waals surface area contributed by atoms with Gasteiger partial charge in [0.25, 0.3) is 0 Å². The van der Waals surface area contributed by atoms with Gasteiger partial charge in [0.05, 0.1) is 0 Å². The second-order valence-electron chi connectivity index (χ2n) is 7.49. The third-order valence-electron chi connectivity index (χ3n) is 5.76. The molecule has 28 heavy (non-hydrogen) atoms. The van der Waals surface area contributed by atoms with E-state index in [0.29, 0.717) is 5.92 Å². The van der Waals surface area contributed by atoms with Crippen LogP contribution in [0.25, 0.3) is 0 Å². The third kappa shape index (κ3) is 4.21. The fourth-order valence-corrected chi connectivity index (χ4v) is 6.72. The van der Waals surface area contributed by atoms with Gasteiger partial charge in [0.2, 0.25) is 0 Å². The molecular formula is C22H26N2O2P2. The number of nitrogens with one attached hydrogen (secondary N) is 1. The Morgan fingerprint density at radius 2 is 2.11 bits per heavy atom. The minimum absolute atomic E-state index is 0.0542. The highest BCUT2D eigenvalue weighted by molar-refractivity contribution is 7.47. The average Bonchev–Trinajstić information content (AvgIpc) is 3.08. The molecule has 146 valence electrons. The van der Waals surface area contributed by atoms with E-state index >= 15 is 0 Å². The number of rotatable bonds is 7. The number of benzene rings is 1. The van der Waals surface area contributed by atoms with Crippen molar-refractivity contribution in [3.63, 3.8) is 0 Å². The zero-order valence-electron chi connectivity index (χ0n) is 15.8. The summed E-state index contributed by atoms with van der Waals surface area (Å²) in [7, 11) is -1.73. The number of hydrogen-bond acceptors (Lipinski definition) is 3. The van der Waals surface area contributed by atoms with Crippen LogP contribution in [0.3, 0.4) is 0 Å². The summed E-state index contributed by atoms with van der Waals surface area (Å²) >= 11 is 0. The van der Waals surface area contributed by atoms with Crippen LogP contribution < -0.4 is 5.32 Å². The Labute approximate surface area is 169 Å². The molecule has 4 nitrogen and oxygen atoms in total. The van der Waals surface area contributed by atoms with Gasteiger partial charge in [0.1, 0.15) is 0 Å². The minimum Gasteiger partial charge on any atom is -0.308 e. The Bertz CT molecular complexity index is 861. The molecule has 0 radical (unpaired) electrons. The van der Waals surface area contributed by atoms with E-state index in [4.69, 9.17) is 0 Å². The quantitative estimate of drug-likeness (QED) is 0.487. The van der Waals surface area contributed by atoms with Crippen LogP contribution in [0.1, 0.15) is 24.4 Å². The van der Waals surface area contributed by atoms with Crippen LogP contribution in [0.15, 0.2) is 77.4 Å². The topological polar surface area (TPSA) is 49.4 Å². The predicted molar refractivity (Wildman–Crippen MR) is 116 cm³/mol. The zero-order valence-corrected chi connectivity index (χ0v) is 17.7. The molecule has 1 aromatic carbocycles. The fourth-order valence-electron chi connectivity index (χ4n) is 4.32. The number of nitrogens with zero attached hydrogens (tertiary/aromatic N) is 1. The van der Waals surface area contributed by atoms with E-state index in [1.54, 1.807) is 0 Å². The molecule has 2 aliphatic carbocycles. The summed E-state index contributed by atoms with van der Waals surface area (Å²) in [6.07, 6.45) is 14.4. The standard InChI is InChI=1S/C22H26N2O2P2/c25-27-20-12-6-5-11-19(20)22(17-8-2-1-3-9-17)23-14-15-24-16-18-10-4-7-13-21(18)28(24)26/h1-5,7-9,11-13,18-19,22-23,28H,6,10,14-16H2/t18-,19-,22+/m1/s1. The lowest BCUT2D eigenvalue weighted by atomic mass is 9.89. The third-order valence-corrected chi connectivity index (χ3v) is 8.51. The van der Waals surface area contributed by atoms with Gasteiger partial charge in [0.15, 0.2) is 16.4 Å². The van der Waals surface area contributed by atoms with E-state index < -0.39 is 7.95 Å². The van der Waals surface area contributed by atoms with Crippen molar-refractivity contribution in [2.45, 2.75) is 18.9 Å². The van der Waals surface area contributed by atoms with E-state index in [9.17, 15) is 9.13 Å². The summed E-state index contributed by atoms with van der Waals surface area (Å²) < 4.78 is 26.6. The lowest BCUT2D eigenvalue weighted by Gasteiger charge is -2.28. The monoisotopic (exact) mass is 412 g/mol. The molecular weight excluding hydrogens is 386 g/mol. The van der Waals surface area contributed by atoms with Gasteiger partial charge < -0.3 is 9.88 Å². The maximum Gasteiger partial charge on any atom is 0.188 e. The molecule has 1 N–H and O–H groups in total. The molecule has 3 aliphatic rings. The Balaban J connectivity index is 1.44. The van der Waals surface area contributed by atoms with Gasteiger partial charge in [0, 0.05) is 48.1 Å². The highest BCUT2D eigenvalue weighted by Crippen LogP contribution is 2.50. The summed E-state index contributed by atoms with van der Waals surface area (Å²) in [5, 5.41) is 5.73. The van der Waals surface area contributed by atoms with Crippen LogP contribution in [0.5, 0.6) is 0 Å². The largest absolute Gasteiger partial charge is 0.308 e. The lowest BCUT2D eigenvalue weighted by Crippen LogP contribution is -2.34. The summed E-state index contributed by atoms with van der Waals surface area (Å²) in [5.41, 5.74) is 1.18. The van der Waals surface area contributed by atoms with Crippen LogP contribution in [0.2, 0.25) is 0 Å². The summed E-state index contributed by atoms with van der Waals surface area (Å²) in [6.45, 7) is 2.40. The first-order valence-electron chi connectivity index (χ1n) is 9.92. The highest BCUT2D eigenvalue weighted by atomic mass is 31.1. The Hall–Kier alpha value is -1.57. The van der Waals surface area contributed by atoms with Gasteiger partial charge in [-0.15, -0.1) is 0 Å². The Morgan fingerprint density at radius 1 is 1.25 bits per heavy atom. The SMILES string of the molecule is O=PC1=CCC=C[C@H]1[C@@H](NCCN1C[C@H]2CC=CC=C2[PH]1=O)c1ccccc1. The van der Waals surface area contributed by atoms with E-state index in [2.05, 4.69) is 46.4 Å². The molecule has 1 fully saturated rings. The Kier molecular flexibility index (Phi) is 6.54. The molecule has 4 atom stereocenters. The van der Waals surface area contributed by atoms with Crippen molar-refractivity contribution in [2.24, 2.45) is 11.8 Å². The van der Waals surface area contributed by atoms with E-state index in [-0.39, 0.29) is 20.4 Å². The highest BCUT2D eigenvalue weighted by Gasteiger charge is 2.34. The molecule has 0 aromatic heterocycles. The number of hydrogen-bond donors (Lipinski definition) is 1. The van der Waals surface area contributed by atoms with Crippen molar-refractivity contribution in [2.75, 3.05) is 19.6 Å². The molecule has 4 rings (SSSR count). The van der Waals surface area contributed by atoms with E-state index in [1.165, 1.54) is 5.56 Å². The normalized spacial score (nSPS) is 28.1. The summed E-state index contributed by atoms with van der Waals surface area (Å²) in [6, 6.07) is 10.4. The molecule has 0 bridgehead atoms. The molecule has 1 aromatic rings. The number of fused-ring (bicyclic) bond motifs is 1. The maximum atomic E-state index is 12.8. The van der Waals surface area contributed by atoms with Crippen LogP contribution in [-0.4, -0.2) is 24.3 Å². The van der Waals surface area contributed by atoms with Crippen LogP contribution >= 0.6 is 16.4 Å². The average molecular weight is 412 g/mol. The first-order valence-corrected chi connectivity index (χ1v) is 12.1. The van der Waals surface area contributed by atoms with Gasteiger partial charge >= 0.3 is 0 Å². The van der Waals surface area contributed by atoms with Crippen molar-refractivity contribution in [1.29, 1.82) is 0 Å². The van der Waals surface area contributed by atoms with Crippen LogP contribution in [0.4, 0.5) is 0 Å². The van der Waals surface area contributed by atoms with Crippen molar-refractivity contribution in [3.05, 3.63) is 83.0 Å². The maximum absolute atomic E-state index is 12.8. The van der Waals surface area contributed by atoms with Gasteiger partial charge in [-0.25, -0.2) is 0 Å². The van der Waals surface area contributed by atoms with Crippen molar-refractivity contribution in [1.82, 2.24) is 9.99 Å². The predicted octanol–water partition coefficient (Wildman–Crippen LogP) is 5.32. The molecule has 6 heteroatoms. The van der Waals surface area contributed by atoms with Crippen LogP contribution in [-0.2, 0) is 9.13 Å². The molecule has 0 spiro atoms. The first kappa shape index (κ1) is 19.7. The molecule has 1 heterocycles. The van der Waals surface area contributed by atoms with Crippen LogP contribution in [0, 0.1) is 11.8 Å². The first-order chi connectivity index (χ1) is 13.8. The van der Waals surface area contributed by atoms with Gasteiger partial charge in [-0.2, -0.15) is 0 Å². The fraction of sp³-hybridized carbons (Fsp3) is 0.364. The molecule has 0 saturated carbocycles. The summed E-state index contributed by atoms with van der Waals surface area (Å²) in [5.74, 6) is 0.497. The second-order valence-corrected chi connectivity index (χ2v) is 10.0.